The molecule has 6 heteroatoms. The summed E-state index contributed by atoms with van der Waals surface area (Å²) in [6, 6.07) is 8.79. The number of benzene rings is 1. The molecule has 128 valence electrons. The Hall–Kier alpha value is -2.37. The van der Waals surface area contributed by atoms with Gasteiger partial charge in [-0.15, -0.1) is 0 Å². The predicted octanol–water partition coefficient (Wildman–Crippen LogP) is 2.31. The Kier molecular flexibility index (Phi) is 4.83. The van der Waals surface area contributed by atoms with Crippen molar-refractivity contribution in [2.24, 2.45) is 5.92 Å². The topological polar surface area (TPSA) is 72.9 Å². The molecule has 2 aliphatic heterocycles. The number of hydrogen-bond donors (Lipinski definition) is 0. The van der Waals surface area contributed by atoms with Gasteiger partial charge < -0.3 is 14.4 Å². The average Bonchev–Trinajstić information content (AvgIpc) is 2.89. The Morgan fingerprint density at radius 1 is 1.17 bits per heavy atom. The molecule has 0 radical (unpaired) electrons. The third-order valence-corrected chi connectivity index (χ3v) is 4.67. The van der Waals surface area contributed by atoms with Gasteiger partial charge in [-0.1, -0.05) is 30.3 Å². The fourth-order valence-corrected chi connectivity index (χ4v) is 3.61. The second-order valence-corrected chi connectivity index (χ2v) is 6.15. The van der Waals surface area contributed by atoms with E-state index in [9.17, 15) is 14.4 Å². The lowest BCUT2D eigenvalue weighted by Crippen LogP contribution is -2.54. The lowest BCUT2D eigenvalue weighted by Gasteiger charge is -2.37. The van der Waals surface area contributed by atoms with Crippen molar-refractivity contribution in [3.8, 4) is 0 Å². The van der Waals surface area contributed by atoms with Crippen molar-refractivity contribution in [3.63, 3.8) is 0 Å². The van der Waals surface area contributed by atoms with Gasteiger partial charge in [0.2, 0.25) is 0 Å². The molecule has 1 aromatic carbocycles. The summed E-state index contributed by atoms with van der Waals surface area (Å²) >= 11 is 0. The number of amides is 1. The number of ketones is 1. The van der Waals surface area contributed by atoms with E-state index in [1.54, 1.807) is 11.8 Å². The van der Waals surface area contributed by atoms with Crippen LogP contribution >= 0.6 is 0 Å². The number of carbonyl (C=O) groups is 3. The van der Waals surface area contributed by atoms with Crippen LogP contribution in [0.25, 0.3) is 0 Å². The van der Waals surface area contributed by atoms with Gasteiger partial charge in [0, 0.05) is 12.5 Å². The van der Waals surface area contributed by atoms with Crippen molar-refractivity contribution in [2.45, 2.75) is 44.9 Å². The third kappa shape index (κ3) is 3.13. The van der Waals surface area contributed by atoms with E-state index in [-0.39, 0.29) is 31.5 Å². The third-order valence-electron chi connectivity index (χ3n) is 4.67. The van der Waals surface area contributed by atoms with E-state index in [1.807, 2.05) is 30.3 Å². The maximum atomic E-state index is 12.5. The first-order valence-corrected chi connectivity index (χ1v) is 8.30. The molecule has 2 saturated heterocycles. The van der Waals surface area contributed by atoms with E-state index in [4.69, 9.17) is 9.47 Å². The predicted molar refractivity (Wildman–Crippen MR) is 85.0 cm³/mol. The zero-order valence-corrected chi connectivity index (χ0v) is 13.6. The fraction of sp³-hybridized carbons (Fsp3) is 0.500. The Morgan fingerprint density at radius 2 is 1.92 bits per heavy atom. The highest BCUT2D eigenvalue weighted by Crippen LogP contribution is 2.38. The van der Waals surface area contributed by atoms with E-state index in [0.717, 1.165) is 5.56 Å². The molecule has 1 amide bonds. The molecule has 3 rings (SSSR count). The van der Waals surface area contributed by atoms with Crippen LogP contribution in [-0.4, -0.2) is 41.4 Å². The Labute approximate surface area is 140 Å². The van der Waals surface area contributed by atoms with Crippen molar-refractivity contribution in [2.75, 3.05) is 6.61 Å². The Morgan fingerprint density at radius 3 is 2.62 bits per heavy atom. The molecular weight excluding hydrogens is 310 g/mol. The van der Waals surface area contributed by atoms with E-state index in [0.29, 0.717) is 12.8 Å². The molecule has 1 unspecified atom stereocenters. The molecule has 24 heavy (non-hydrogen) atoms. The van der Waals surface area contributed by atoms with Gasteiger partial charge in [0.1, 0.15) is 12.5 Å². The maximum absolute atomic E-state index is 12.5. The molecule has 0 aliphatic carbocycles. The molecule has 0 spiro atoms. The molecule has 6 nitrogen and oxygen atoms in total. The smallest absolute Gasteiger partial charge is 0.410 e. The minimum absolute atomic E-state index is 0.131. The number of piperidine rings is 1. The summed E-state index contributed by atoms with van der Waals surface area (Å²) in [5.41, 5.74) is 0.897. The van der Waals surface area contributed by atoms with E-state index in [2.05, 4.69) is 0 Å². The van der Waals surface area contributed by atoms with Gasteiger partial charge in [0.25, 0.3) is 0 Å². The first-order chi connectivity index (χ1) is 11.6. The summed E-state index contributed by atoms with van der Waals surface area (Å²) in [6.45, 7) is 2.10. The van der Waals surface area contributed by atoms with Crippen molar-refractivity contribution in [1.82, 2.24) is 4.90 Å². The van der Waals surface area contributed by atoms with Gasteiger partial charge in [0.05, 0.1) is 12.6 Å². The number of nitrogens with zero attached hydrogens (tertiary/aromatic N) is 1. The van der Waals surface area contributed by atoms with Crippen LogP contribution in [0.5, 0.6) is 0 Å². The Bertz CT molecular complexity index is 630. The highest BCUT2D eigenvalue weighted by Gasteiger charge is 2.52. The minimum Gasteiger partial charge on any atom is -0.465 e. The van der Waals surface area contributed by atoms with Crippen LogP contribution in [0, 0.1) is 5.92 Å². The van der Waals surface area contributed by atoms with Crippen LogP contribution in [0.1, 0.15) is 31.7 Å². The monoisotopic (exact) mass is 331 g/mol. The SMILES string of the molecule is CCOC(=O)C1C(=O)C[C@@H]2CC[C@H]1N2C(=O)OCc1ccccc1. The quantitative estimate of drug-likeness (QED) is 0.625. The zero-order valence-electron chi connectivity index (χ0n) is 13.6. The summed E-state index contributed by atoms with van der Waals surface area (Å²) < 4.78 is 10.4. The molecule has 2 aliphatic rings. The minimum atomic E-state index is -0.882. The number of esters is 1. The van der Waals surface area contributed by atoms with Crippen LogP contribution in [0.3, 0.4) is 0 Å². The van der Waals surface area contributed by atoms with Crippen LogP contribution in [-0.2, 0) is 25.7 Å². The van der Waals surface area contributed by atoms with Crippen LogP contribution < -0.4 is 0 Å². The van der Waals surface area contributed by atoms with Crippen LogP contribution in [0.4, 0.5) is 4.79 Å². The van der Waals surface area contributed by atoms with E-state index >= 15 is 0 Å². The second-order valence-electron chi connectivity index (χ2n) is 6.15. The summed E-state index contributed by atoms with van der Waals surface area (Å²) in [6.07, 6.45) is 1.07. The molecule has 3 atom stereocenters. The van der Waals surface area contributed by atoms with Gasteiger partial charge in [-0.3, -0.25) is 9.59 Å². The Balaban J connectivity index is 1.69. The normalized spacial score (nSPS) is 25.5. The summed E-state index contributed by atoms with van der Waals surface area (Å²) in [5.74, 6) is -1.55. The van der Waals surface area contributed by atoms with E-state index < -0.39 is 24.0 Å². The number of Topliss-reactive ketones (excluding diaryl/α,β-unsaturated/α-hetero) is 1. The highest BCUT2D eigenvalue weighted by molar-refractivity contribution is 6.01. The van der Waals surface area contributed by atoms with Gasteiger partial charge in [0.15, 0.2) is 5.78 Å². The van der Waals surface area contributed by atoms with Gasteiger partial charge >= 0.3 is 12.1 Å². The van der Waals surface area contributed by atoms with Gasteiger partial charge in [-0.2, -0.15) is 0 Å². The number of hydrogen-bond acceptors (Lipinski definition) is 5. The molecule has 2 heterocycles. The van der Waals surface area contributed by atoms with Gasteiger partial charge in [-0.25, -0.2) is 4.79 Å². The first-order valence-electron chi connectivity index (χ1n) is 8.30. The molecule has 0 aromatic heterocycles. The largest absolute Gasteiger partial charge is 0.465 e. The van der Waals surface area contributed by atoms with Gasteiger partial charge in [-0.05, 0) is 25.3 Å². The average molecular weight is 331 g/mol. The number of ether oxygens (including phenoxy) is 2. The first kappa shape index (κ1) is 16.5. The number of carbonyl (C=O) groups excluding carboxylic acids is 3. The zero-order chi connectivity index (χ0) is 17.1. The molecule has 2 fully saturated rings. The molecule has 2 bridgehead atoms. The summed E-state index contributed by atoms with van der Waals surface area (Å²) in [7, 11) is 0. The van der Waals surface area contributed by atoms with Crippen molar-refractivity contribution >= 4 is 17.8 Å². The fourth-order valence-electron chi connectivity index (χ4n) is 3.61. The number of rotatable bonds is 4. The highest BCUT2D eigenvalue weighted by atomic mass is 16.6. The van der Waals surface area contributed by atoms with Crippen LogP contribution in [0.15, 0.2) is 30.3 Å². The number of fused-ring (bicyclic) bond motifs is 2. The molecule has 0 N–H and O–H groups in total. The summed E-state index contributed by atoms with van der Waals surface area (Å²) in [4.78, 5) is 38.4. The molecule has 0 saturated carbocycles. The van der Waals surface area contributed by atoms with Crippen molar-refractivity contribution in [1.29, 1.82) is 0 Å². The lowest BCUT2D eigenvalue weighted by atomic mass is 9.89. The molecular formula is C18H21NO5. The second kappa shape index (κ2) is 7.03. The molecule has 1 aromatic rings. The lowest BCUT2D eigenvalue weighted by molar-refractivity contribution is -0.155. The van der Waals surface area contributed by atoms with Crippen molar-refractivity contribution < 1.29 is 23.9 Å². The maximum Gasteiger partial charge on any atom is 0.410 e. The standard InChI is InChI=1S/C18H21NO5/c1-2-23-17(21)16-14-9-8-13(10-15(16)20)19(14)18(22)24-11-12-6-4-3-5-7-12/h3-7,13-14,16H,2,8-11H2,1H3/t13-,14+,16?/m0/s1. The van der Waals surface area contributed by atoms with Crippen LogP contribution in [0.2, 0.25) is 0 Å². The summed E-state index contributed by atoms with van der Waals surface area (Å²) in [5, 5.41) is 0. The van der Waals surface area contributed by atoms with E-state index in [1.165, 1.54) is 0 Å². The van der Waals surface area contributed by atoms with Crippen molar-refractivity contribution in [3.05, 3.63) is 35.9 Å².